The van der Waals surface area contributed by atoms with E-state index < -0.39 is 6.10 Å². The second-order valence-corrected chi connectivity index (χ2v) is 4.37. The molecule has 2 rings (SSSR count). The van der Waals surface area contributed by atoms with Gasteiger partial charge in [0.1, 0.15) is 0 Å². The molecular weight excluding hydrogens is 230 g/mol. The van der Waals surface area contributed by atoms with E-state index in [1.54, 1.807) is 13.1 Å². The molecule has 5 nitrogen and oxygen atoms in total. The standard InChI is InChI=1S/C13H17N3O2/c1-4-10-7-14-6-5-11(10)12-15-13(18-16-12)8(2)9(3)17/h5-9,17H,4H2,1-3H3. The molecular formula is C13H17N3O2. The fourth-order valence-electron chi connectivity index (χ4n) is 1.66. The molecule has 0 saturated carbocycles. The molecule has 96 valence electrons. The van der Waals surface area contributed by atoms with Crippen molar-refractivity contribution in [2.75, 3.05) is 0 Å². The van der Waals surface area contributed by atoms with E-state index in [2.05, 4.69) is 22.0 Å². The van der Waals surface area contributed by atoms with Crippen molar-refractivity contribution in [3.63, 3.8) is 0 Å². The molecule has 2 aromatic rings. The molecule has 0 aliphatic rings. The molecule has 2 atom stereocenters. The Morgan fingerprint density at radius 3 is 2.83 bits per heavy atom. The number of aryl methyl sites for hydroxylation is 1. The molecule has 5 heteroatoms. The van der Waals surface area contributed by atoms with Crippen LogP contribution in [0, 0.1) is 0 Å². The third-order valence-corrected chi connectivity index (χ3v) is 3.08. The van der Waals surface area contributed by atoms with Crippen molar-refractivity contribution in [1.82, 2.24) is 15.1 Å². The van der Waals surface area contributed by atoms with Crippen LogP contribution in [0.4, 0.5) is 0 Å². The number of hydrogen-bond acceptors (Lipinski definition) is 5. The molecule has 0 radical (unpaired) electrons. The van der Waals surface area contributed by atoms with Crippen molar-refractivity contribution in [2.24, 2.45) is 0 Å². The molecule has 0 fully saturated rings. The topological polar surface area (TPSA) is 72.0 Å². The maximum atomic E-state index is 9.52. The van der Waals surface area contributed by atoms with Crippen molar-refractivity contribution >= 4 is 0 Å². The Labute approximate surface area is 106 Å². The molecule has 18 heavy (non-hydrogen) atoms. The van der Waals surface area contributed by atoms with Gasteiger partial charge in [-0.15, -0.1) is 0 Å². The summed E-state index contributed by atoms with van der Waals surface area (Å²) in [6.45, 7) is 5.62. The second-order valence-electron chi connectivity index (χ2n) is 4.37. The molecule has 0 aliphatic heterocycles. The Kier molecular flexibility index (Phi) is 3.72. The largest absolute Gasteiger partial charge is 0.393 e. The van der Waals surface area contributed by atoms with Crippen LogP contribution in [0.2, 0.25) is 0 Å². The predicted octanol–water partition coefficient (Wildman–Crippen LogP) is 2.18. The number of aromatic nitrogens is 3. The van der Waals surface area contributed by atoms with E-state index in [1.165, 1.54) is 0 Å². The van der Waals surface area contributed by atoms with Crippen LogP contribution in [-0.2, 0) is 6.42 Å². The molecule has 2 aromatic heterocycles. The number of nitrogens with zero attached hydrogens (tertiary/aromatic N) is 3. The molecule has 2 heterocycles. The van der Waals surface area contributed by atoms with Gasteiger partial charge in [-0.2, -0.15) is 4.98 Å². The zero-order valence-corrected chi connectivity index (χ0v) is 10.8. The summed E-state index contributed by atoms with van der Waals surface area (Å²) in [5.74, 6) is 0.841. The van der Waals surface area contributed by atoms with Crippen LogP contribution in [-0.4, -0.2) is 26.3 Å². The lowest BCUT2D eigenvalue weighted by Crippen LogP contribution is -2.11. The highest BCUT2D eigenvalue weighted by Gasteiger charge is 2.20. The SMILES string of the molecule is CCc1cnccc1-c1noc(C(C)C(C)O)n1. The summed E-state index contributed by atoms with van der Waals surface area (Å²) in [4.78, 5) is 8.43. The Balaban J connectivity index is 2.35. The van der Waals surface area contributed by atoms with E-state index >= 15 is 0 Å². The van der Waals surface area contributed by atoms with Gasteiger partial charge in [-0.1, -0.05) is 19.0 Å². The normalized spacial score (nSPS) is 14.4. The van der Waals surface area contributed by atoms with Gasteiger partial charge in [-0.05, 0) is 25.0 Å². The van der Waals surface area contributed by atoms with E-state index in [-0.39, 0.29) is 5.92 Å². The number of rotatable bonds is 4. The minimum Gasteiger partial charge on any atom is -0.393 e. The van der Waals surface area contributed by atoms with E-state index in [0.29, 0.717) is 11.7 Å². The number of aliphatic hydroxyl groups excluding tert-OH is 1. The predicted molar refractivity (Wildman–Crippen MR) is 67.0 cm³/mol. The first-order chi connectivity index (χ1) is 8.63. The fraction of sp³-hybridized carbons (Fsp3) is 0.462. The Bertz CT molecular complexity index is 522. The van der Waals surface area contributed by atoms with Crippen molar-refractivity contribution in [3.05, 3.63) is 29.9 Å². The third-order valence-electron chi connectivity index (χ3n) is 3.08. The lowest BCUT2D eigenvalue weighted by Gasteiger charge is -2.08. The van der Waals surface area contributed by atoms with Gasteiger partial charge in [0.2, 0.25) is 11.7 Å². The molecule has 0 saturated heterocycles. The van der Waals surface area contributed by atoms with Crippen LogP contribution in [0.1, 0.15) is 38.1 Å². The second kappa shape index (κ2) is 5.27. The average molecular weight is 247 g/mol. The van der Waals surface area contributed by atoms with Gasteiger partial charge in [0, 0.05) is 18.0 Å². The lowest BCUT2D eigenvalue weighted by atomic mass is 10.1. The van der Waals surface area contributed by atoms with Crippen LogP contribution < -0.4 is 0 Å². The van der Waals surface area contributed by atoms with Crippen LogP contribution in [0.15, 0.2) is 23.0 Å². The van der Waals surface area contributed by atoms with Gasteiger partial charge < -0.3 is 9.63 Å². The monoisotopic (exact) mass is 247 g/mol. The zero-order chi connectivity index (χ0) is 13.1. The third kappa shape index (κ3) is 2.41. The minimum absolute atomic E-state index is 0.168. The molecule has 0 bridgehead atoms. The summed E-state index contributed by atoms with van der Waals surface area (Å²) in [7, 11) is 0. The van der Waals surface area contributed by atoms with Gasteiger partial charge in [0.25, 0.3) is 0 Å². The zero-order valence-electron chi connectivity index (χ0n) is 10.8. The Morgan fingerprint density at radius 1 is 1.39 bits per heavy atom. The van der Waals surface area contributed by atoms with Crippen LogP contribution in [0.5, 0.6) is 0 Å². The first-order valence-electron chi connectivity index (χ1n) is 6.08. The first-order valence-corrected chi connectivity index (χ1v) is 6.08. The van der Waals surface area contributed by atoms with Crippen molar-refractivity contribution in [3.8, 4) is 11.4 Å². The highest BCUT2D eigenvalue weighted by Crippen LogP contribution is 2.24. The van der Waals surface area contributed by atoms with Gasteiger partial charge in [0.15, 0.2) is 0 Å². The van der Waals surface area contributed by atoms with E-state index in [1.807, 2.05) is 19.2 Å². The van der Waals surface area contributed by atoms with Gasteiger partial charge in [-0.25, -0.2) is 0 Å². The minimum atomic E-state index is -0.513. The molecule has 0 aliphatic carbocycles. The van der Waals surface area contributed by atoms with Crippen LogP contribution >= 0.6 is 0 Å². The average Bonchev–Trinajstić information content (AvgIpc) is 2.87. The Morgan fingerprint density at radius 2 is 2.17 bits per heavy atom. The van der Waals surface area contributed by atoms with E-state index in [9.17, 15) is 5.11 Å². The van der Waals surface area contributed by atoms with E-state index in [4.69, 9.17) is 4.52 Å². The maximum Gasteiger partial charge on any atom is 0.232 e. The summed E-state index contributed by atoms with van der Waals surface area (Å²) in [6.07, 6.45) is 3.87. The van der Waals surface area contributed by atoms with Crippen molar-refractivity contribution in [1.29, 1.82) is 0 Å². The lowest BCUT2D eigenvalue weighted by molar-refractivity contribution is 0.151. The van der Waals surface area contributed by atoms with Gasteiger partial charge in [0.05, 0.1) is 12.0 Å². The smallest absolute Gasteiger partial charge is 0.232 e. The number of aliphatic hydroxyl groups is 1. The summed E-state index contributed by atoms with van der Waals surface area (Å²) < 4.78 is 5.20. The van der Waals surface area contributed by atoms with Crippen LogP contribution in [0.3, 0.4) is 0 Å². The summed E-state index contributed by atoms with van der Waals surface area (Å²) in [6, 6.07) is 1.88. The molecule has 0 aromatic carbocycles. The first kappa shape index (κ1) is 12.7. The van der Waals surface area contributed by atoms with E-state index in [0.717, 1.165) is 17.5 Å². The van der Waals surface area contributed by atoms with Crippen molar-refractivity contribution < 1.29 is 9.63 Å². The van der Waals surface area contributed by atoms with Gasteiger partial charge >= 0.3 is 0 Å². The van der Waals surface area contributed by atoms with Crippen LogP contribution in [0.25, 0.3) is 11.4 Å². The fourth-order valence-corrected chi connectivity index (χ4v) is 1.66. The highest BCUT2D eigenvalue weighted by molar-refractivity contribution is 5.58. The summed E-state index contributed by atoms with van der Waals surface area (Å²) in [5, 5.41) is 13.5. The Hall–Kier alpha value is -1.75. The van der Waals surface area contributed by atoms with Gasteiger partial charge in [-0.3, -0.25) is 4.98 Å². The molecule has 0 spiro atoms. The number of hydrogen-bond donors (Lipinski definition) is 1. The molecule has 1 N–H and O–H groups in total. The maximum absolute atomic E-state index is 9.52. The summed E-state index contributed by atoms with van der Waals surface area (Å²) >= 11 is 0. The quantitative estimate of drug-likeness (QED) is 0.896. The summed E-state index contributed by atoms with van der Waals surface area (Å²) in [5.41, 5.74) is 2.01. The van der Waals surface area contributed by atoms with Crippen molar-refractivity contribution in [2.45, 2.75) is 39.2 Å². The highest BCUT2D eigenvalue weighted by atomic mass is 16.5. The number of pyridine rings is 1. The molecule has 2 unspecified atom stereocenters. The molecule has 0 amide bonds.